The predicted molar refractivity (Wildman–Crippen MR) is 72.3 cm³/mol. The summed E-state index contributed by atoms with van der Waals surface area (Å²) in [5.74, 6) is -0.297. The molecule has 0 saturated carbocycles. The van der Waals surface area contributed by atoms with Crippen LogP contribution in [0.1, 0.15) is 28.9 Å². The van der Waals surface area contributed by atoms with Crippen LogP contribution in [0.5, 0.6) is 0 Å². The van der Waals surface area contributed by atoms with E-state index in [9.17, 15) is 9.59 Å². The van der Waals surface area contributed by atoms with Gasteiger partial charge < -0.3 is 10.3 Å². The highest BCUT2D eigenvalue weighted by Gasteiger charge is 2.08. The highest BCUT2D eigenvalue weighted by molar-refractivity contribution is 14.1. The van der Waals surface area contributed by atoms with Gasteiger partial charge in [-0.15, -0.1) is 0 Å². The Morgan fingerprint density at radius 1 is 1.50 bits per heavy atom. The van der Waals surface area contributed by atoms with Gasteiger partial charge in [-0.3, -0.25) is 9.59 Å². The molecule has 16 heavy (non-hydrogen) atoms. The van der Waals surface area contributed by atoms with E-state index in [2.05, 4.69) is 32.9 Å². The van der Waals surface area contributed by atoms with E-state index in [4.69, 9.17) is 0 Å². The number of alkyl halides is 1. The number of aromatic amines is 1. The number of carbonyl (C=O) groups is 1. The molecule has 0 atom stereocenters. The molecule has 5 heteroatoms. The zero-order valence-electron chi connectivity index (χ0n) is 9.18. The summed E-state index contributed by atoms with van der Waals surface area (Å²) in [6.07, 6.45) is 3.48. The molecule has 0 aliphatic heterocycles. The highest BCUT2D eigenvalue weighted by Crippen LogP contribution is 1.95. The van der Waals surface area contributed by atoms with Crippen LogP contribution in [0, 0.1) is 6.92 Å². The van der Waals surface area contributed by atoms with Crippen molar-refractivity contribution in [2.75, 3.05) is 11.0 Å². The van der Waals surface area contributed by atoms with Crippen molar-refractivity contribution < 1.29 is 4.79 Å². The molecule has 1 amide bonds. The number of H-pyrrole nitrogens is 1. The molecule has 2 N–H and O–H groups in total. The fourth-order valence-corrected chi connectivity index (χ4v) is 1.81. The molecule has 88 valence electrons. The summed E-state index contributed by atoms with van der Waals surface area (Å²) >= 11 is 2.30. The van der Waals surface area contributed by atoms with Gasteiger partial charge >= 0.3 is 0 Å². The molecule has 0 unspecified atom stereocenters. The third-order valence-electron chi connectivity index (χ3n) is 2.15. The highest BCUT2D eigenvalue weighted by atomic mass is 127. The number of rotatable bonds is 5. The lowest BCUT2D eigenvalue weighted by Gasteiger charge is -2.04. The van der Waals surface area contributed by atoms with E-state index >= 15 is 0 Å². The van der Waals surface area contributed by atoms with Crippen LogP contribution in [0.25, 0.3) is 0 Å². The van der Waals surface area contributed by atoms with Crippen LogP contribution in [0.4, 0.5) is 0 Å². The van der Waals surface area contributed by atoms with Crippen LogP contribution in [0.3, 0.4) is 0 Å². The third-order valence-corrected chi connectivity index (χ3v) is 2.91. The van der Waals surface area contributed by atoms with Crippen LogP contribution < -0.4 is 10.7 Å². The number of halogens is 1. The number of hydrogen-bond donors (Lipinski definition) is 2. The Bertz CT molecular complexity index is 415. The normalized spacial score (nSPS) is 10.1. The smallest absolute Gasteiger partial charge is 0.256 e. The number of nitrogens with one attached hydrogen (secondary N) is 2. The van der Waals surface area contributed by atoms with Crippen molar-refractivity contribution in [1.82, 2.24) is 10.3 Å². The first-order chi connectivity index (χ1) is 7.65. The van der Waals surface area contributed by atoms with Crippen molar-refractivity contribution in [1.29, 1.82) is 0 Å². The minimum Gasteiger partial charge on any atom is -0.364 e. The fourth-order valence-electron chi connectivity index (χ4n) is 1.27. The summed E-state index contributed by atoms with van der Waals surface area (Å²) in [6, 6.07) is 1.43. The fraction of sp³-hybridized carbons (Fsp3) is 0.455. The summed E-state index contributed by atoms with van der Waals surface area (Å²) in [5.41, 5.74) is 0.703. The van der Waals surface area contributed by atoms with Crippen molar-refractivity contribution in [2.24, 2.45) is 0 Å². The number of carbonyl (C=O) groups excluding carboxylic acids is 1. The number of hydrogen-bond acceptors (Lipinski definition) is 2. The molecule has 1 rings (SSSR count). The van der Waals surface area contributed by atoms with E-state index in [-0.39, 0.29) is 16.9 Å². The van der Waals surface area contributed by atoms with Crippen molar-refractivity contribution >= 4 is 28.5 Å². The van der Waals surface area contributed by atoms with Gasteiger partial charge in [-0.25, -0.2) is 0 Å². The molecule has 4 nitrogen and oxygen atoms in total. The van der Waals surface area contributed by atoms with E-state index in [1.807, 2.05) is 0 Å². The molecule has 1 aromatic heterocycles. The third kappa shape index (κ3) is 3.96. The monoisotopic (exact) mass is 334 g/mol. The molecule has 1 aromatic rings. The summed E-state index contributed by atoms with van der Waals surface area (Å²) in [7, 11) is 0. The predicted octanol–water partition coefficient (Wildman–Crippen LogP) is 1.63. The minimum absolute atomic E-state index is 0.181. The van der Waals surface area contributed by atoms with Gasteiger partial charge in [-0.2, -0.15) is 0 Å². The quantitative estimate of drug-likeness (QED) is 0.488. The van der Waals surface area contributed by atoms with Crippen molar-refractivity contribution in [3.63, 3.8) is 0 Å². The summed E-state index contributed by atoms with van der Waals surface area (Å²) in [4.78, 5) is 26.0. The van der Waals surface area contributed by atoms with Crippen LogP contribution in [0.2, 0.25) is 0 Å². The molecule has 0 aromatic carbocycles. The van der Waals surface area contributed by atoms with E-state index in [1.54, 1.807) is 6.92 Å². The lowest BCUT2D eigenvalue weighted by Crippen LogP contribution is -2.29. The Morgan fingerprint density at radius 3 is 2.88 bits per heavy atom. The standard InChI is InChI=1S/C11H15IN2O2/c1-8-6-10(15)9(7-14-8)11(16)13-5-3-2-4-12/h6-7H,2-5H2,1H3,(H,13,16)(H,14,15). The molecule has 0 spiro atoms. The summed E-state index contributed by atoms with van der Waals surface area (Å²) < 4.78 is 1.08. The second-order valence-corrected chi connectivity index (χ2v) is 4.62. The first-order valence-electron chi connectivity index (χ1n) is 5.18. The van der Waals surface area contributed by atoms with Gasteiger partial charge in [0.25, 0.3) is 5.91 Å². The number of amides is 1. The molecule has 0 aliphatic rings. The van der Waals surface area contributed by atoms with Gasteiger partial charge in [0.05, 0.1) is 0 Å². The van der Waals surface area contributed by atoms with Crippen LogP contribution in [-0.4, -0.2) is 21.9 Å². The number of unbranched alkanes of at least 4 members (excludes halogenated alkanes) is 1. The maximum Gasteiger partial charge on any atom is 0.256 e. The summed E-state index contributed by atoms with van der Waals surface area (Å²) in [6.45, 7) is 2.40. The first-order valence-corrected chi connectivity index (χ1v) is 6.71. The lowest BCUT2D eigenvalue weighted by molar-refractivity contribution is 0.0952. The number of aryl methyl sites for hydroxylation is 1. The van der Waals surface area contributed by atoms with Crippen molar-refractivity contribution in [3.8, 4) is 0 Å². The molecular formula is C11H15IN2O2. The molecule has 0 bridgehead atoms. The Morgan fingerprint density at radius 2 is 2.25 bits per heavy atom. The van der Waals surface area contributed by atoms with Gasteiger partial charge in [-0.05, 0) is 24.2 Å². The van der Waals surface area contributed by atoms with E-state index in [0.29, 0.717) is 6.54 Å². The maximum atomic E-state index is 11.6. The maximum absolute atomic E-state index is 11.6. The Kier molecular flexibility index (Phi) is 5.51. The molecule has 0 saturated heterocycles. The summed E-state index contributed by atoms with van der Waals surface area (Å²) in [5, 5.41) is 2.73. The molecule has 1 heterocycles. The van der Waals surface area contributed by atoms with Crippen LogP contribution in [-0.2, 0) is 0 Å². The van der Waals surface area contributed by atoms with Crippen LogP contribution >= 0.6 is 22.6 Å². The number of pyridine rings is 1. The Labute approximate surface area is 108 Å². The average Bonchev–Trinajstić information content (AvgIpc) is 2.24. The topological polar surface area (TPSA) is 62.0 Å². The first kappa shape index (κ1) is 13.2. The van der Waals surface area contributed by atoms with Gasteiger partial charge in [-0.1, -0.05) is 22.6 Å². The van der Waals surface area contributed by atoms with Gasteiger partial charge in [0.2, 0.25) is 0 Å². The van der Waals surface area contributed by atoms with Crippen LogP contribution in [0.15, 0.2) is 17.1 Å². The zero-order valence-corrected chi connectivity index (χ0v) is 11.3. The van der Waals surface area contributed by atoms with E-state index in [0.717, 1.165) is 23.0 Å². The number of aromatic nitrogens is 1. The zero-order chi connectivity index (χ0) is 12.0. The lowest BCUT2D eigenvalue weighted by atomic mass is 10.2. The van der Waals surface area contributed by atoms with Gasteiger partial charge in [0, 0.05) is 24.5 Å². The average molecular weight is 334 g/mol. The largest absolute Gasteiger partial charge is 0.364 e. The van der Waals surface area contributed by atoms with Crippen molar-refractivity contribution in [2.45, 2.75) is 19.8 Å². The SMILES string of the molecule is Cc1cc(=O)c(C(=O)NCCCCI)c[nH]1. The second kappa shape index (κ2) is 6.67. The second-order valence-electron chi connectivity index (χ2n) is 3.55. The van der Waals surface area contributed by atoms with Crippen molar-refractivity contribution in [3.05, 3.63) is 33.7 Å². The van der Waals surface area contributed by atoms with Gasteiger partial charge in [0.15, 0.2) is 5.43 Å². The molecule has 0 radical (unpaired) electrons. The minimum atomic E-state index is -0.297. The molecule has 0 fully saturated rings. The molecular weight excluding hydrogens is 319 g/mol. The van der Waals surface area contributed by atoms with E-state index in [1.165, 1.54) is 12.3 Å². The molecule has 0 aliphatic carbocycles. The van der Waals surface area contributed by atoms with E-state index < -0.39 is 0 Å². The Hall–Kier alpha value is -0.850. The van der Waals surface area contributed by atoms with Gasteiger partial charge in [0.1, 0.15) is 5.56 Å². The Balaban J connectivity index is 2.56.